The highest BCUT2D eigenvalue weighted by Gasteiger charge is 2.36. The van der Waals surface area contributed by atoms with Crippen LogP contribution >= 0.6 is 11.8 Å². The van der Waals surface area contributed by atoms with Crippen LogP contribution in [0.3, 0.4) is 0 Å². The quantitative estimate of drug-likeness (QED) is 0.845. The maximum absolute atomic E-state index is 3.78. The van der Waals surface area contributed by atoms with E-state index in [1.165, 1.54) is 44.6 Å². The molecule has 1 N–H and O–H groups in total. The minimum Gasteiger partial charge on any atom is -0.309 e. The van der Waals surface area contributed by atoms with Gasteiger partial charge in [-0.25, -0.2) is 0 Å². The van der Waals surface area contributed by atoms with Gasteiger partial charge in [0.2, 0.25) is 0 Å². The number of thioether (sulfide) groups is 1. The molecule has 2 rings (SSSR count). The molecule has 2 aliphatic heterocycles. The van der Waals surface area contributed by atoms with Gasteiger partial charge in [0, 0.05) is 36.5 Å². The summed E-state index contributed by atoms with van der Waals surface area (Å²) in [5.41, 5.74) is 0.328. The molecule has 106 valence electrons. The highest BCUT2D eigenvalue weighted by molar-refractivity contribution is 8.00. The lowest BCUT2D eigenvalue weighted by molar-refractivity contribution is 0.0607. The van der Waals surface area contributed by atoms with Crippen molar-refractivity contribution in [1.29, 1.82) is 0 Å². The lowest BCUT2D eigenvalue weighted by Crippen LogP contribution is -2.64. The van der Waals surface area contributed by atoms with Gasteiger partial charge in [-0.15, -0.1) is 0 Å². The van der Waals surface area contributed by atoms with Gasteiger partial charge in [-0.05, 0) is 37.9 Å². The number of hydrogen-bond acceptors (Lipinski definition) is 3. The van der Waals surface area contributed by atoms with E-state index in [2.05, 4.69) is 49.7 Å². The fourth-order valence-corrected chi connectivity index (χ4v) is 4.54. The Kier molecular flexibility index (Phi) is 5.01. The van der Waals surface area contributed by atoms with Crippen molar-refractivity contribution in [1.82, 2.24) is 10.2 Å². The first kappa shape index (κ1) is 14.7. The second kappa shape index (κ2) is 6.15. The molecule has 2 fully saturated rings. The summed E-state index contributed by atoms with van der Waals surface area (Å²) in [6.07, 6.45) is 4.09. The second-order valence-electron chi connectivity index (χ2n) is 6.67. The third-order valence-electron chi connectivity index (χ3n) is 4.77. The van der Waals surface area contributed by atoms with E-state index < -0.39 is 0 Å². The topological polar surface area (TPSA) is 15.3 Å². The molecule has 0 spiro atoms. The van der Waals surface area contributed by atoms with E-state index in [-0.39, 0.29) is 0 Å². The average Bonchev–Trinajstić information content (AvgIpc) is 2.81. The average molecular weight is 270 g/mol. The Hall–Kier alpha value is 0.270. The summed E-state index contributed by atoms with van der Waals surface area (Å²) < 4.78 is 0. The van der Waals surface area contributed by atoms with E-state index in [9.17, 15) is 0 Å². The van der Waals surface area contributed by atoms with Gasteiger partial charge in [0.05, 0.1) is 0 Å². The van der Waals surface area contributed by atoms with Crippen LogP contribution in [0.4, 0.5) is 0 Å². The molecule has 18 heavy (non-hydrogen) atoms. The first-order valence-corrected chi connectivity index (χ1v) is 8.69. The summed E-state index contributed by atoms with van der Waals surface area (Å²) >= 11 is 2.20. The highest BCUT2D eigenvalue weighted by atomic mass is 32.2. The molecule has 3 heteroatoms. The maximum atomic E-state index is 3.78. The normalized spacial score (nSPS) is 38.5. The van der Waals surface area contributed by atoms with Crippen molar-refractivity contribution in [3.05, 3.63) is 0 Å². The Morgan fingerprint density at radius 2 is 2.22 bits per heavy atom. The summed E-state index contributed by atoms with van der Waals surface area (Å²) in [4.78, 5) is 2.79. The van der Waals surface area contributed by atoms with Crippen LogP contribution in [0.25, 0.3) is 0 Å². The zero-order valence-corrected chi connectivity index (χ0v) is 13.4. The molecule has 2 aliphatic rings. The van der Waals surface area contributed by atoms with E-state index in [0.29, 0.717) is 5.54 Å². The minimum absolute atomic E-state index is 0.328. The first-order valence-electron chi connectivity index (χ1n) is 7.65. The SMILES string of the molecule is CCC1(C)CN(CC2CCCS2)C(C(C)C)CN1. The number of nitrogens with zero attached hydrogens (tertiary/aromatic N) is 1. The predicted molar refractivity (Wildman–Crippen MR) is 82.4 cm³/mol. The number of hydrogen-bond donors (Lipinski definition) is 1. The van der Waals surface area contributed by atoms with E-state index in [1.54, 1.807) is 0 Å². The van der Waals surface area contributed by atoms with Crippen LogP contribution in [0, 0.1) is 5.92 Å². The van der Waals surface area contributed by atoms with E-state index in [1.807, 2.05) is 0 Å². The molecule has 0 aromatic rings. The predicted octanol–water partition coefficient (Wildman–Crippen LogP) is 2.98. The lowest BCUT2D eigenvalue weighted by Gasteiger charge is -2.48. The Balaban J connectivity index is 1.99. The summed E-state index contributed by atoms with van der Waals surface area (Å²) in [7, 11) is 0. The standard InChI is InChI=1S/C15H30N2S/c1-5-15(4)11-17(10-13-7-6-8-18-13)14(9-16-15)12(2)3/h12-14,16H,5-11H2,1-4H3. The first-order chi connectivity index (χ1) is 8.54. The molecule has 2 heterocycles. The fraction of sp³-hybridized carbons (Fsp3) is 1.00. The molecular formula is C15H30N2S. The molecule has 0 aliphatic carbocycles. The third-order valence-corrected chi connectivity index (χ3v) is 6.15. The van der Waals surface area contributed by atoms with Crippen molar-refractivity contribution >= 4 is 11.8 Å². The molecule has 3 atom stereocenters. The summed E-state index contributed by atoms with van der Waals surface area (Å²) in [6.45, 7) is 13.1. The molecule has 0 aromatic heterocycles. The summed E-state index contributed by atoms with van der Waals surface area (Å²) in [5, 5.41) is 4.68. The zero-order chi connectivity index (χ0) is 13.2. The van der Waals surface area contributed by atoms with Crippen LogP contribution in [-0.4, -0.2) is 47.1 Å². The minimum atomic E-state index is 0.328. The van der Waals surface area contributed by atoms with Crippen LogP contribution in [-0.2, 0) is 0 Å². The van der Waals surface area contributed by atoms with Gasteiger partial charge in [-0.1, -0.05) is 20.8 Å². The Labute approximate surface area is 117 Å². The molecular weight excluding hydrogens is 240 g/mol. The van der Waals surface area contributed by atoms with Gasteiger partial charge in [-0.3, -0.25) is 4.90 Å². The van der Waals surface area contributed by atoms with Crippen LogP contribution < -0.4 is 5.32 Å². The van der Waals surface area contributed by atoms with Gasteiger partial charge in [0.1, 0.15) is 0 Å². The van der Waals surface area contributed by atoms with E-state index in [0.717, 1.165) is 17.2 Å². The molecule has 0 radical (unpaired) electrons. The van der Waals surface area contributed by atoms with Gasteiger partial charge in [-0.2, -0.15) is 11.8 Å². The zero-order valence-electron chi connectivity index (χ0n) is 12.5. The molecule has 0 saturated carbocycles. The van der Waals surface area contributed by atoms with Gasteiger partial charge in [0.25, 0.3) is 0 Å². The Bertz CT molecular complexity index is 263. The van der Waals surface area contributed by atoms with Crippen molar-refractivity contribution < 1.29 is 0 Å². The van der Waals surface area contributed by atoms with Crippen LogP contribution in [0.1, 0.15) is 47.0 Å². The van der Waals surface area contributed by atoms with Crippen molar-refractivity contribution in [3.63, 3.8) is 0 Å². The Morgan fingerprint density at radius 1 is 1.44 bits per heavy atom. The summed E-state index contributed by atoms with van der Waals surface area (Å²) in [6, 6.07) is 0.728. The molecule has 2 nitrogen and oxygen atoms in total. The van der Waals surface area contributed by atoms with Crippen LogP contribution in [0.15, 0.2) is 0 Å². The maximum Gasteiger partial charge on any atom is 0.0278 e. The monoisotopic (exact) mass is 270 g/mol. The van der Waals surface area contributed by atoms with E-state index in [4.69, 9.17) is 0 Å². The van der Waals surface area contributed by atoms with Gasteiger partial charge >= 0.3 is 0 Å². The van der Waals surface area contributed by atoms with E-state index >= 15 is 0 Å². The van der Waals surface area contributed by atoms with Crippen LogP contribution in [0.5, 0.6) is 0 Å². The second-order valence-corrected chi connectivity index (χ2v) is 8.08. The molecule has 3 unspecified atom stereocenters. The van der Waals surface area contributed by atoms with Crippen molar-refractivity contribution in [2.75, 3.05) is 25.4 Å². The van der Waals surface area contributed by atoms with Crippen molar-refractivity contribution in [3.8, 4) is 0 Å². The fourth-order valence-electron chi connectivity index (χ4n) is 3.25. The number of piperazine rings is 1. The molecule has 0 bridgehead atoms. The number of rotatable bonds is 4. The van der Waals surface area contributed by atoms with Gasteiger partial charge < -0.3 is 5.32 Å². The molecule has 2 saturated heterocycles. The third kappa shape index (κ3) is 3.43. The summed E-state index contributed by atoms with van der Waals surface area (Å²) in [5.74, 6) is 2.14. The smallest absolute Gasteiger partial charge is 0.0278 e. The van der Waals surface area contributed by atoms with Crippen molar-refractivity contribution in [2.24, 2.45) is 5.92 Å². The van der Waals surface area contributed by atoms with Gasteiger partial charge in [0.15, 0.2) is 0 Å². The Morgan fingerprint density at radius 3 is 2.78 bits per heavy atom. The van der Waals surface area contributed by atoms with Crippen molar-refractivity contribution in [2.45, 2.75) is 63.8 Å². The number of nitrogens with one attached hydrogen (secondary N) is 1. The molecule has 0 amide bonds. The highest BCUT2D eigenvalue weighted by Crippen LogP contribution is 2.30. The molecule has 0 aromatic carbocycles. The van der Waals surface area contributed by atoms with Crippen LogP contribution in [0.2, 0.25) is 0 Å². The lowest BCUT2D eigenvalue weighted by atomic mass is 9.89. The largest absolute Gasteiger partial charge is 0.309 e.